The van der Waals surface area contributed by atoms with E-state index in [0.29, 0.717) is 45.0 Å². The number of aromatic carboxylic acids is 2. The number of aromatic nitrogens is 4. The first-order chi connectivity index (χ1) is 20.0. The van der Waals surface area contributed by atoms with Crippen molar-refractivity contribution in [3.63, 3.8) is 0 Å². The summed E-state index contributed by atoms with van der Waals surface area (Å²) in [6.45, 7) is 0.334. The Kier molecular flexibility index (Phi) is 7.87. The third kappa shape index (κ3) is 5.08. The number of hydrogen-bond acceptors (Lipinski definition) is 6. The van der Waals surface area contributed by atoms with Gasteiger partial charge in [-0.15, -0.1) is 12.8 Å². The molecule has 4 heterocycles. The van der Waals surface area contributed by atoms with E-state index in [1.54, 1.807) is 59.6 Å². The maximum absolute atomic E-state index is 12.4. The molecule has 216 valence electrons. The maximum atomic E-state index is 12.4. The van der Waals surface area contributed by atoms with E-state index >= 15 is 0 Å². The van der Waals surface area contributed by atoms with Gasteiger partial charge in [-0.2, -0.15) is 0 Å². The lowest BCUT2D eigenvalue weighted by atomic mass is 10.1. The lowest BCUT2D eigenvalue weighted by molar-refractivity contribution is 0.0675. The summed E-state index contributed by atoms with van der Waals surface area (Å²) in [5.41, 5.74) is 4.04. The third-order valence-corrected chi connectivity index (χ3v) is 6.91. The lowest BCUT2D eigenvalue weighted by Gasteiger charge is -2.14. The Morgan fingerprint density at radius 3 is 1.44 bits per heavy atom. The molecule has 6 rings (SSSR count). The molecule has 43 heavy (non-hydrogen) atoms. The highest BCUT2D eigenvalue weighted by atomic mass is 16.4. The number of imidazole rings is 2. The molecule has 0 atom stereocenters. The van der Waals surface area contributed by atoms with Crippen molar-refractivity contribution < 1.29 is 34.9 Å². The number of fused-ring (bicyclic) bond motifs is 6. The van der Waals surface area contributed by atoms with Gasteiger partial charge in [0.2, 0.25) is 0 Å². The number of benzene rings is 2. The fraction of sp³-hybridized carbons (Fsp3) is 0.133. The van der Waals surface area contributed by atoms with Gasteiger partial charge < -0.3 is 25.5 Å². The molecule has 2 aromatic heterocycles. The van der Waals surface area contributed by atoms with Crippen LogP contribution in [0.5, 0.6) is 0 Å². The van der Waals surface area contributed by atoms with Crippen molar-refractivity contribution >= 4 is 23.8 Å². The van der Waals surface area contributed by atoms with Crippen LogP contribution >= 0.6 is 0 Å². The zero-order chi connectivity index (χ0) is 30.3. The van der Waals surface area contributed by atoms with E-state index in [1.807, 2.05) is 0 Å². The van der Waals surface area contributed by atoms with Gasteiger partial charge in [0, 0.05) is 25.2 Å². The van der Waals surface area contributed by atoms with Crippen molar-refractivity contribution in [3.05, 3.63) is 94.1 Å². The average molecular weight is 581 g/mol. The molecule has 0 spiro atoms. The van der Waals surface area contributed by atoms with Crippen molar-refractivity contribution in [2.45, 2.75) is 13.1 Å². The second-order valence-corrected chi connectivity index (χ2v) is 9.51. The zero-order valence-corrected chi connectivity index (χ0v) is 22.9. The van der Waals surface area contributed by atoms with Crippen molar-refractivity contribution in [1.82, 2.24) is 28.9 Å². The molecule has 2 aromatic carbocycles. The van der Waals surface area contributed by atoms with Crippen LogP contribution in [0.4, 0.5) is 0 Å². The standard InChI is InChI=1S/2C15H11N3O3.H2O/c2*1-3-9-4-5-11-10(6-9)14(19)17(2)7-12-13(15(20)21)16-8-18(11)12;/h2*1,4-6,8H,7H2,2H3,(H,20,21);1H2. The number of carboxylic acids is 2. The van der Waals surface area contributed by atoms with E-state index < -0.39 is 11.9 Å². The van der Waals surface area contributed by atoms with Crippen LogP contribution < -0.4 is 0 Å². The van der Waals surface area contributed by atoms with Gasteiger partial charge in [-0.05, 0) is 36.4 Å². The Morgan fingerprint density at radius 1 is 0.744 bits per heavy atom. The Hall–Kier alpha value is -6.18. The summed E-state index contributed by atoms with van der Waals surface area (Å²) in [6, 6.07) is 10.1. The van der Waals surface area contributed by atoms with Gasteiger partial charge in [0.05, 0.1) is 47.0 Å². The summed E-state index contributed by atoms with van der Waals surface area (Å²) >= 11 is 0. The molecule has 2 aliphatic rings. The number of amides is 2. The van der Waals surface area contributed by atoms with E-state index in [9.17, 15) is 29.4 Å². The third-order valence-electron chi connectivity index (χ3n) is 6.91. The minimum absolute atomic E-state index is 0. The van der Waals surface area contributed by atoms with Crippen molar-refractivity contribution in [2.75, 3.05) is 14.1 Å². The highest BCUT2D eigenvalue weighted by molar-refractivity contribution is 6.00. The van der Waals surface area contributed by atoms with E-state index in [0.717, 1.165) is 0 Å². The molecule has 13 heteroatoms. The van der Waals surface area contributed by atoms with Crippen molar-refractivity contribution in [1.29, 1.82) is 0 Å². The average Bonchev–Trinajstić information content (AvgIpc) is 3.55. The maximum Gasteiger partial charge on any atom is 0.356 e. The predicted molar refractivity (Wildman–Crippen MR) is 152 cm³/mol. The first kappa shape index (κ1) is 29.8. The first-order valence-corrected chi connectivity index (χ1v) is 12.4. The van der Waals surface area contributed by atoms with Gasteiger partial charge in [-0.1, -0.05) is 11.8 Å². The van der Waals surface area contributed by atoms with Crippen LogP contribution in [-0.4, -0.2) is 82.4 Å². The first-order valence-electron chi connectivity index (χ1n) is 12.4. The Labute approximate surface area is 244 Å². The highest BCUT2D eigenvalue weighted by Gasteiger charge is 2.29. The van der Waals surface area contributed by atoms with Crippen LogP contribution in [0.2, 0.25) is 0 Å². The fourth-order valence-corrected chi connectivity index (χ4v) is 4.84. The SMILES string of the molecule is C#Cc1ccc2c(c1)C(=O)N(C)Cc1c(C(=O)O)ncn1-2.C#Cc1ccc2c(c1)C(=O)N(C)Cc1c(C(=O)O)ncn1-2.O. The van der Waals surface area contributed by atoms with Gasteiger partial charge in [0.1, 0.15) is 12.7 Å². The van der Waals surface area contributed by atoms with E-state index in [1.165, 1.54) is 22.5 Å². The monoisotopic (exact) mass is 580 g/mol. The molecule has 0 saturated heterocycles. The minimum Gasteiger partial charge on any atom is -0.476 e. The van der Waals surface area contributed by atoms with Gasteiger partial charge >= 0.3 is 11.9 Å². The Bertz CT molecular complexity index is 1770. The van der Waals surface area contributed by atoms with E-state index in [4.69, 9.17) is 12.8 Å². The summed E-state index contributed by atoms with van der Waals surface area (Å²) in [7, 11) is 3.23. The lowest BCUT2D eigenvalue weighted by Crippen LogP contribution is -2.25. The molecule has 4 N–H and O–H groups in total. The quantitative estimate of drug-likeness (QED) is 0.334. The Balaban J connectivity index is 0.000000192. The number of carboxylic acid groups (broad SMARTS) is 2. The number of carbonyl (C=O) groups excluding carboxylic acids is 2. The largest absolute Gasteiger partial charge is 0.476 e. The summed E-state index contributed by atoms with van der Waals surface area (Å²) in [4.78, 5) is 58.1. The zero-order valence-electron chi connectivity index (χ0n) is 22.9. The number of terminal acetylenes is 2. The van der Waals surface area contributed by atoms with Crippen LogP contribution in [0.15, 0.2) is 49.1 Å². The fourth-order valence-electron chi connectivity index (χ4n) is 4.84. The van der Waals surface area contributed by atoms with Gasteiger partial charge in [0.25, 0.3) is 11.8 Å². The molecular weight excluding hydrogens is 556 g/mol. The van der Waals surface area contributed by atoms with E-state index in [-0.39, 0.29) is 41.8 Å². The number of nitrogens with zero attached hydrogens (tertiary/aromatic N) is 6. The molecule has 0 fully saturated rings. The molecule has 4 aromatic rings. The smallest absolute Gasteiger partial charge is 0.356 e. The van der Waals surface area contributed by atoms with Gasteiger partial charge in [-0.3, -0.25) is 18.7 Å². The number of hydrogen-bond donors (Lipinski definition) is 2. The second kappa shape index (κ2) is 11.4. The molecule has 2 amide bonds. The summed E-state index contributed by atoms with van der Waals surface area (Å²) in [5.74, 6) is 2.33. The molecule has 2 aliphatic heterocycles. The second-order valence-electron chi connectivity index (χ2n) is 9.51. The highest BCUT2D eigenvalue weighted by Crippen LogP contribution is 2.28. The normalized spacial score (nSPS) is 12.8. The van der Waals surface area contributed by atoms with Crippen LogP contribution in [0.1, 0.15) is 64.2 Å². The van der Waals surface area contributed by atoms with Crippen LogP contribution in [0.25, 0.3) is 11.4 Å². The number of rotatable bonds is 2. The van der Waals surface area contributed by atoms with Crippen LogP contribution in [0, 0.1) is 24.7 Å². The van der Waals surface area contributed by atoms with Crippen molar-refractivity contribution in [2.24, 2.45) is 0 Å². The van der Waals surface area contributed by atoms with E-state index in [2.05, 4.69) is 21.8 Å². The molecular formula is C30H24N6O7. The predicted octanol–water partition coefficient (Wildman–Crippen LogP) is 1.45. The minimum atomic E-state index is -1.12. The van der Waals surface area contributed by atoms with Gasteiger partial charge in [0.15, 0.2) is 11.4 Å². The van der Waals surface area contributed by atoms with Crippen LogP contribution in [-0.2, 0) is 13.1 Å². The summed E-state index contributed by atoms with van der Waals surface area (Å²) in [6.07, 6.45) is 13.6. The van der Waals surface area contributed by atoms with Crippen molar-refractivity contribution in [3.8, 4) is 36.1 Å². The topological polar surface area (TPSA) is 182 Å². The summed E-state index contributed by atoms with van der Waals surface area (Å²) in [5, 5.41) is 18.4. The molecule has 0 bridgehead atoms. The summed E-state index contributed by atoms with van der Waals surface area (Å²) < 4.78 is 3.25. The van der Waals surface area contributed by atoms with Gasteiger partial charge in [-0.25, -0.2) is 19.6 Å². The Morgan fingerprint density at radius 2 is 1.12 bits per heavy atom. The molecule has 0 saturated carbocycles. The molecule has 0 radical (unpaired) electrons. The molecule has 13 nitrogen and oxygen atoms in total. The number of carbonyl (C=O) groups is 4. The molecule has 0 unspecified atom stereocenters. The molecule has 0 aliphatic carbocycles. The van der Waals surface area contributed by atoms with Crippen LogP contribution in [0.3, 0.4) is 0 Å².